The first kappa shape index (κ1) is 30.7. The van der Waals surface area contributed by atoms with E-state index in [0.29, 0.717) is 21.3 Å². The first-order valence-corrected chi connectivity index (χ1v) is 15.4. The smallest absolute Gasteiger partial charge is 0.272 e. The number of amides is 3. The van der Waals surface area contributed by atoms with Gasteiger partial charge in [-0.1, -0.05) is 72.3 Å². The summed E-state index contributed by atoms with van der Waals surface area (Å²) in [6.45, 7) is 0. The van der Waals surface area contributed by atoms with Crippen LogP contribution in [0.25, 0.3) is 6.08 Å². The van der Waals surface area contributed by atoms with Gasteiger partial charge in [-0.3, -0.25) is 14.4 Å². The SMILES string of the molecule is O=C(Nc1cccc(SC(C(=O)Nc2nccs2)c2ccccc2)c1)/C(=C\c1c(F)cccc1Cl)NC(=O)c1ccccc1. The number of nitrogens with one attached hydrogen (secondary N) is 3. The summed E-state index contributed by atoms with van der Waals surface area (Å²) in [5.74, 6) is -2.16. The third-order valence-electron chi connectivity index (χ3n) is 6.17. The van der Waals surface area contributed by atoms with Crippen LogP contribution < -0.4 is 16.0 Å². The second-order valence-electron chi connectivity index (χ2n) is 9.23. The van der Waals surface area contributed by atoms with E-state index in [4.69, 9.17) is 11.6 Å². The Morgan fingerprint density at radius 3 is 2.32 bits per heavy atom. The van der Waals surface area contributed by atoms with Gasteiger partial charge < -0.3 is 16.0 Å². The molecule has 0 radical (unpaired) electrons. The number of carbonyl (C=O) groups excluding carboxylic acids is 3. The van der Waals surface area contributed by atoms with Crippen LogP contribution in [0.5, 0.6) is 0 Å². The van der Waals surface area contributed by atoms with E-state index in [9.17, 15) is 18.8 Å². The number of aromatic nitrogens is 1. The molecular formula is C33H24ClFN4O3S2. The highest BCUT2D eigenvalue weighted by atomic mass is 35.5. The van der Waals surface area contributed by atoms with Crippen molar-refractivity contribution in [2.75, 3.05) is 10.6 Å². The minimum absolute atomic E-state index is 0.0473. The molecule has 1 heterocycles. The Morgan fingerprint density at radius 2 is 1.61 bits per heavy atom. The number of hydrogen-bond acceptors (Lipinski definition) is 6. The van der Waals surface area contributed by atoms with Gasteiger partial charge in [-0.05, 0) is 54.1 Å². The largest absolute Gasteiger partial charge is 0.321 e. The fraction of sp³-hybridized carbons (Fsp3) is 0.0303. The summed E-state index contributed by atoms with van der Waals surface area (Å²) in [7, 11) is 0. The van der Waals surface area contributed by atoms with E-state index in [1.807, 2.05) is 36.4 Å². The first-order valence-electron chi connectivity index (χ1n) is 13.2. The van der Waals surface area contributed by atoms with E-state index < -0.39 is 22.9 Å². The van der Waals surface area contributed by atoms with Gasteiger partial charge in [0.2, 0.25) is 5.91 Å². The molecule has 5 aromatic rings. The summed E-state index contributed by atoms with van der Waals surface area (Å²) in [5, 5.41) is 9.93. The van der Waals surface area contributed by atoms with Gasteiger partial charge in [-0.15, -0.1) is 23.1 Å². The van der Waals surface area contributed by atoms with E-state index in [-0.39, 0.29) is 22.2 Å². The van der Waals surface area contributed by atoms with Crippen LogP contribution in [0.2, 0.25) is 5.02 Å². The third kappa shape index (κ3) is 7.99. The zero-order valence-corrected chi connectivity index (χ0v) is 25.3. The summed E-state index contributed by atoms with van der Waals surface area (Å²) in [6.07, 6.45) is 2.81. The third-order valence-corrected chi connectivity index (χ3v) is 8.43. The number of halogens is 2. The fourth-order valence-electron chi connectivity index (χ4n) is 4.07. The van der Waals surface area contributed by atoms with Crippen molar-refractivity contribution in [1.29, 1.82) is 0 Å². The maximum Gasteiger partial charge on any atom is 0.272 e. The average molecular weight is 643 g/mol. The summed E-state index contributed by atoms with van der Waals surface area (Å²) in [6, 6.07) is 28.7. The van der Waals surface area contributed by atoms with Gasteiger partial charge in [0.05, 0.1) is 5.02 Å². The molecule has 3 N–H and O–H groups in total. The number of benzene rings is 4. The zero-order chi connectivity index (χ0) is 30.9. The van der Waals surface area contributed by atoms with E-state index in [2.05, 4.69) is 20.9 Å². The molecule has 0 aliphatic heterocycles. The van der Waals surface area contributed by atoms with Crippen LogP contribution in [-0.2, 0) is 9.59 Å². The van der Waals surface area contributed by atoms with Crippen LogP contribution in [0.4, 0.5) is 15.2 Å². The number of anilines is 2. The maximum absolute atomic E-state index is 14.6. The van der Waals surface area contributed by atoms with Crippen LogP contribution in [0.15, 0.2) is 125 Å². The highest BCUT2D eigenvalue weighted by Gasteiger charge is 2.23. The molecule has 7 nitrogen and oxygen atoms in total. The second kappa shape index (κ2) is 14.6. The van der Waals surface area contributed by atoms with E-state index in [1.54, 1.807) is 60.1 Å². The maximum atomic E-state index is 14.6. The van der Waals surface area contributed by atoms with Gasteiger partial charge in [0.25, 0.3) is 11.8 Å². The normalized spacial score (nSPS) is 11.8. The lowest BCUT2D eigenvalue weighted by atomic mass is 10.1. The van der Waals surface area contributed by atoms with Gasteiger partial charge >= 0.3 is 0 Å². The van der Waals surface area contributed by atoms with Crippen LogP contribution in [-0.4, -0.2) is 22.7 Å². The molecule has 0 spiro atoms. The van der Waals surface area contributed by atoms with Crippen LogP contribution in [0.3, 0.4) is 0 Å². The predicted octanol–water partition coefficient (Wildman–Crippen LogP) is 7.82. The Balaban J connectivity index is 1.40. The molecule has 11 heteroatoms. The standard InChI is InChI=1S/C33H24ClFN4O3S2/c34-26-15-8-16-27(35)25(26)20-28(38-30(40)22-11-5-2-6-12-22)31(41)37-23-13-7-14-24(19-23)44-29(21-9-3-1-4-10-21)32(42)39-33-36-17-18-43-33/h1-20,29H,(H,37,41)(H,38,40)(H,36,39,42)/b28-20+. The molecule has 0 saturated carbocycles. The molecule has 0 saturated heterocycles. The molecule has 0 bridgehead atoms. The predicted molar refractivity (Wildman–Crippen MR) is 174 cm³/mol. The number of hydrogen-bond donors (Lipinski definition) is 3. The Labute approximate surface area is 266 Å². The minimum Gasteiger partial charge on any atom is -0.321 e. The van der Waals surface area contributed by atoms with Crippen molar-refractivity contribution in [1.82, 2.24) is 10.3 Å². The Hall–Kier alpha value is -4.77. The number of thiazole rings is 1. The number of rotatable bonds is 10. The average Bonchev–Trinajstić information content (AvgIpc) is 3.55. The van der Waals surface area contributed by atoms with E-state index >= 15 is 0 Å². The minimum atomic E-state index is -0.697. The molecule has 0 fully saturated rings. The lowest BCUT2D eigenvalue weighted by Gasteiger charge is -2.17. The highest BCUT2D eigenvalue weighted by Crippen LogP contribution is 2.37. The monoisotopic (exact) mass is 642 g/mol. The molecule has 3 amide bonds. The molecule has 44 heavy (non-hydrogen) atoms. The van der Waals surface area contributed by atoms with Gasteiger partial charge in [0.1, 0.15) is 16.8 Å². The van der Waals surface area contributed by atoms with Crippen LogP contribution in [0.1, 0.15) is 26.7 Å². The molecule has 0 aliphatic carbocycles. The quantitative estimate of drug-likeness (QED) is 0.107. The van der Waals surface area contributed by atoms with E-state index in [1.165, 1.54) is 47.4 Å². The van der Waals surface area contributed by atoms with Gasteiger partial charge in [-0.2, -0.15) is 0 Å². The zero-order valence-electron chi connectivity index (χ0n) is 22.9. The molecule has 1 atom stereocenters. The topological polar surface area (TPSA) is 100 Å². The summed E-state index contributed by atoms with van der Waals surface area (Å²) >= 11 is 8.83. The molecule has 0 aliphatic rings. The van der Waals surface area contributed by atoms with Crippen LogP contribution >= 0.6 is 34.7 Å². The van der Waals surface area contributed by atoms with Crippen molar-refractivity contribution < 1.29 is 18.8 Å². The Morgan fingerprint density at radius 1 is 0.886 bits per heavy atom. The summed E-state index contributed by atoms with van der Waals surface area (Å²) < 4.78 is 14.6. The Bertz CT molecular complexity index is 1780. The Kier molecular flexibility index (Phi) is 10.2. The molecule has 5 rings (SSSR count). The van der Waals surface area contributed by atoms with Crippen molar-refractivity contribution in [3.63, 3.8) is 0 Å². The lowest BCUT2D eigenvalue weighted by molar-refractivity contribution is -0.116. The molecule has 1 aromatic heterocycles. The number of thioether (sulfide) groups is 1. The van der Waals surface area contributed by atoms with Crippen molar-refractivity contribution >= 4 is 69.3 Å². The van der Waals surface area contributed by atoms with Crippen molar-refractivity contribution in [2.24, 2.45) is 0 Å². The number of carbonyl (C=O) groups is 3. The molecule has 4 aromatic carbocycles. The van der Waals surface area contributed by atoms with Gasteiger partial charge in [-0.25, -0.2) is 9.37 Å². The van der Waals surface area contributed by atoms with Gasteiger partial charge in [0.15, 0.2) is 5.13 Å². The van der Waals surface area contributed by atoms with Crippen molar-refractivity contribution in [3.8, 4) is 0 Å². The molecule has 220 valence electrons. The fourth-order valence-corrected chi connectivity index (χ4v) is 5.91. The van der Waals surface area contributed by atoms with Crippen molar-refractivity contribution in [3.05, 3.63) is 148 Å². The molecular weight excluding hydrogens is 619 g/mol. The first-order chi connectivity index (χ1) is 21.4. The second-order valence-corrected chi connectivity index (χ2v) is 11.7. The van der Waals surface area contributed by atoms with Crippen molar-refractivity contribution in [2.45, 2.75) is 10.1 Å². The summed E-state index contributed by atoms with van der Waals surface area (Å²) in [5.41, 5.74) is 1.23. The lowest BCUT2D eigenvalue weighted by Crippen LogP contribution is -2.30. The summed E-state index contributed by atoms with van der Waals surface area (Å²) in [4.78, 5) is 44.6. The molecule has 1 unspecified atom stereocenters. The highest BCUT2D eigenvalue weighted by molar-refractivity contribution is 8.00. The number of nitrogens with zero attached hydrogens (tertiary/aromatic N) is 1. The van der Waals surface area contributed by atoms with E-state index in [0.717, 1.165) is 5.56 Å². The van der Waals surface area contributed by atoms with Gasteiger partial charge in [0, 0.05) is 33.3 Å². The van der Waals surface area contributed by atoms with Crippen LogP contribution in [0, 0.1) is 5.82 Å².